The average molecular weight is 487 g/mol. The zero-order chi connectivity index (χ0) is 25.7. The van der Waals surface area contributed by atoms with E-state index in [2.05, 4.69) is 10.6 Å². The summed E-state index contributed by atoms with van der Waals surface area (Å²) in [6, 6.07) is 21.0. The lowest BCUT2D eigenvalue weighted by molar-refractivity contribution is -0.126. The molecule has 1 heterocycles. The van der Waals surface area contributed by atoms with E-state index in [-0.39, 0.29) is 30.2 Å². The van der Waals surface area contributed by atoms with Crippen LogP contribution in [0.1, 0.15) is 35.3 Å². The van der Waals surface area contributed by atoms with Crippen molar-refractivity contribution in [3.63, 3.8) is 0 Å². The second kappa shape index (κ2) is 11.0. The summed E-state index contributed by atoms with van der Waals surface area (Å²) in [7, 11) is 0. The van der Waals surface area contributed by atoms with Crippen molar-refractivity contribution in [1.29, 1.82) is 0 Å². The van der Waals surface area contributed by atoms with E-state index < -0.39 is 6.04 Å². The van der Waals surface area contributed by atoms with Gasteiger partial charge in [0, 0.05) is 18.7 Å². The lowest BCUT2D eigenvalue weighted by Crippen LogP contribution is -2.54. The van der Waals surface area contributed by atoms with Gasteiger partial charge in [-0.05, 0) is 47.4 Å². The van der Waals surface area contributed by atoms with Gasteiger partial charge in [-0.25, -0.2) is 0 Å². The Morgan fingerprint density at radius 2 is 1.78 bits per heavy atom. The summed E-state index contributed by atoms with van der Waals surface area (Å²) in [5.41, 5.74) is 8.93. The third-order valence-electron chi connectivity index (χ3n) is 6.01. The quantitative estimate of drug-likeness (QED) is 0.451. The molecule has 36 heavy (non-hydrogen) atoms. The molecule has 0 radical (unpaired) electrons. The van der Waals surface area contributed by atoms with Crippen LogP contribution >= 0.6 is 0 Å². The maximum absolute atomic E-state index is 13.3. The fraction of sp³-hybridized carbons (Fsp3) is 0.250. The largest absolute Gasteiger partial charge is 0.484 e. The molecule has 1 unspecified atom stereocenters. The van der Waals surface area contributed by atoms with Crippen LogP contribution in [0.15, 0.2) is 72.8 Å². The molecule has 3 aromatic rings. The number of ether oxygens (including phenoxy) is 1. The predicted molar refractivity (Wildman–Crippen MR) is 139 cm³/mol. The van der Waals surface area contributed by atoms with E-state index in [4.69, 9.17) is 10.5 Å². The van der Waals surface area contributed by atoms with Gasteiger partial charge in [-0.3, -0.25) is 19.3 Å². The molecular formula is C28H30N4O4. The van der Waals surface area contributed by atoms with E-state index in [1.165, 1.54) is 4.90 Å². The van der Waals surface area contributed by atoms with E-state index in [9.17, 15) is 14.4 Å². The van der Waals surface area contributed by atoms with Crippen molar-refractivity contribution in [2.24, 2.45) is 11.7 Å². The Hall–Kier alpha value is -4.17. The summed E-state index contributed by atoms with van der Waals surface area (Å²) >= 11 is 0. The zero-order valence-corrected chi connectivity index (χ0v) is 20.4. The molecule has 0 saturated carbocycles. The lowest BCUT2D eigenvalue weighted by atomic mass is 9.96. The van der Waals surface area contributed by atoms with E-state index >= 15 is 0 Å². The summed E-state index contributed by atoms with van der Waals surface area (Å²) in [6.07, 6.45) is 0. The van der Waals surface area contributed by atoms with Crippen molar-refractivity contribution in [2.75, 3.05) is 16.8 Å². The Morgan fingerprint density at radius 1 is 1.03 bits per heavy atom. The molecule has 0 saturated heterocycles. The number of rotatable bonds is 8. The summed E-state index contributed by atoms with van der Waals surface area (Å²) in [6.45, 7) is 4.32. The molecule has 1 aliphatic rings. The summed E-state index contributed by atoms with van der Waals surface area (Å²) in [4.78, 5) is 40.6. The first-order valence-corrected chi connectivity index (χ1v) is 11.9. The van der Waals surface area contributed by atoms with Crippen molar-refractivity contribution in [2.45, 2.75) is 33.0 Å². The van der Waals surface area contributed by atoms with Gasteiger partial charge in [0.1, 0.15) is 11.8 Å². The van der Waals surface area contributed by atoms with Crippen LogP contribution in [0.5, 0.6) is 5.75 Å². The van der Waals surface area contributed by atoms with Crippen LogP contribution in [0, 0.1) is 5.92 Å². The van der Waals surface area contributed by atoms with Crippen LogP contribution in [0.4, 0.5) is 11.4 Å². The predicted octanol–water partition coefficient (Wildman–Crippen LogP) is 3.46. The fourth-order valence-electron chi connectivity index (χ4n) is 4.23. The first-order valence-electron chi connectivity index (χ1n) is 11.9. The highest BCUT2D eigenvalue weighted by atomic mass is 16.5. The molecule has 4 N–H and O–H groups in total. The minimum Gasteiger partial charge on any atom is -0.484 e. The Balaban J connectivity index is 1.53. The molecule has 1 aliphatic heterocycles. The van der Waals surface area contributed by atoms with Gasteiger partial charge in [0.15, 0.2) is 6.61 Å². The smallest absolute Gasteiger partial charge is 0.265 e. The van der Waals surface area contributed by atoms with Crippen LogP contribution in [0.25, 0.3) is 0 Å². The number of hydrogen-bond acceptors (Lipinski definition) is 5. The minimum absolute atomic E-state index is 0.133. The first kappa shape index (κ1) is 24.9. The van der Waals surface area contributed by atoms with Crippen LogP contribution in [-0.4, -0.2) is 30.4 Å². The molecule has 8 heteroatoms. The minimum atomic E-state index is -0.695. The average Bonchev–Trinajstić information content (AvgIpc) is 2.89. The Bertz CT molecular complexity index is 1260. The molecule has 4 rings (SSSR count). The normalized spacial score (nSPS) is 14.7. The molecule has 8 nitrogen and oxygen atoms in total. The first-order chi connectivity index (χ1) is 17.4. The van der Waals surface area contributed by atoms with Crippen molar-refractivity contribution in [3.05, 3.63) is 89.5 Å². The maximum Gasteiger partial charge on any atom is 0.265 e. The van der Waals surface area contributed by atoms with E-state index in [0.717, 1.165) is 11.1 Å². The van der Waals surface area contributed by atoms with Crippen LogP contribution < -0.4 is 26.0 Å². The third kappa shape index (κ3) is 5.55. The Labute approximate surface area is 210 Å². The van der Waals surface area contributed by atoms with E-state index in [1.807, 2.05) is 56.3 Å². The van der Waals surface area contributed by atoms with Crippen molar-refractivity contribution < 1.29 is 19.1 Å². The molecule has 0 aromatic heterocycles. The summed E-state index contributed by atoms with van der Waals surface area (Å²) in [5, 5.41) is 5.76. The fourth-order valence-corrected chi connectivity index (χ4v) is 4.23. The monoisotopic (exact) mass is 486 g/mol. The molecule has 1 atom stereocenters. The molecule has 186 valence electrons. The molecule has 3 amide bonds. The molecule has 0 aliphatic carbocycles. The third-order valence-corrected chi connectivity index (χ3v) is 6.01. The number of nitrogens with zero attached hydrogens (tertiary/aromatic N) is 1. The Kier molecular flexibility index (Phi) is 7.65. The number of amides is 3. The highest BCUT2D eigenvalue weighted by molar-refractivity contribution is 6.13. The summed E-state index contributed by atoms with van der Waals surface area (Å²) in [5.74, 6) is -0.502. The van der Waals surface area contributed by atoms with E-state index in [0.29, 0.717) is 35.8 Å². The van der Waals surface area contributed by atoms with Gasteiger partial charge in [-0.15, -0.1) is 0 Å². The number of nitrogens with two attached hydrogens (primary N) is 1. The van der Waals surface area contributed by atoms with Crippen LogP contribution in [-0.2, 0) is 22.7 Å². The zero-order valence-electron chi connectivity index (χ0n) is 20.4. The number of anilines is 2. The standard InChI is InChI=1S/C28H30N4O4/c1-18(2)26-28(35)31-23-14-21(27(34)30-16-20-8-6-7-19(13-20)15-29)11-12-24(23)32(26)25(33)17-36-22-9-4-3-5-10-22/h3-14,18,26H,15-17,29H2,1-2H3,(H,30,34)(H,31,35). The van der Waals surface area contributed by atoms with Crippen molar-refractivity contribution >= 4 is 29.1 Å². The maximum atomic E-state index is 13.3. The van der Waals surface area contributed by atoms with Gasteiger partial charge in [0.2, 0.25) is 5.91 Å². The Morgan fingerprint density at radius 3 is 2.50 bits per heavy atom. The number of carbonyl (C=O) groups excluding carboxylic acids is 3. The number of fused-ring (bicyclic) bond motifs is 1. The molecule has 0 bridgehead atoms. The number of carbonyl (C=O) groups is 3. The lowest BCUT2D eigenvalue weighted by Gasteiger charge is -2.38. The highest BCUT2D eigenvalue weighted by Crippen LogP contribution is 2.35. The van der Waals surface area contributed by atoms with Gasteiger partial charge >= 0.3 is 0 Å². The van der Waals surface area contributed by atoms with Crippen molar-refractivity contribution in [3.8, 4) is 5.75 Å². The second-order valence-electron chi connectivity index (χ2n) is 8.98. The number of benzene rings is 3. The SMILES string of the molecule is CC(C)C1C(=O)Nc2cc(C(=O)NCc3cccc(CN)c3)ccc2N1C(=O)COc1ccccc1. The van der Waals surface area contributed by atoms with Crippen LogP contribution in [0.3, 0.4) is 0 Å². The van der Waals surface area contributed by atoms with Gasteiger partial charge in [0.05, 0.1) is 11.4 Å². The molecule has 0 spiro atoms. The number of para-hydroxylation sites is 1. The van der Waals surface area contributed by atoms with Crippen molar-refractivity contribution in [1.82, 2.24) is 5.32 Å². The summed E-state index contributed by atoms with van der Waals surface area (Å²) < 4.78 is 5.66. The number of nitrogens with one attached hydrogen (secondary N) is 2. The molecular weight excluding hydrogens is 456 g/mol. The van der Waals surface area contributed by atoms with Gasteiger partial charge < -0.3 is 21.1 Å². The highest BCUT2D eigenvalue weighted by Gasteiger charge is 2.39. The van der Waals surface area contributed by atoms with Gasteiger partial charge in [0.25, 0.3) is 11.8 Å². The second-order valence-corrected chi connectivity index (χ2v) is 8.98. The van der Waals surface area contributed by atoms with Gasteiger partial charge in [-0.2, -0.15) is 0 Å². The van der Waals surface area contributed by atoms with E-state index in [1.54, 1.807) is 30.3 Å². The molecule has 0 fully saturated rings. The topological polar surface area (TPSA) is 114 Å². The van der Waals surface area contributed by atoms with Crippen LogP contribution in [0.2, 0.25) is 0 Å². The number of hydrogen-bond donors (Lipinski definition) is 3. The van der Waals surface area contributed by atoms with Gasteiger partial charge in [-0.1, -0.05) is 56.3 Å². The molecule has 3 aromatic carbocycles.